The highest BCUT2D eigenvalue weighted by Crippen LogP contribution is 2.46. The maximum Gasteiger partial charge on any atom is 0.0657 e. The Labute approximate surface area is 166 Å². The molecule has 148 valence electrons. The first-order chi connectivity index (χ1) is 12.3. The van der Waals surface area contributed by atoms with Gasteiger partial charge in [-0.05, 0) is 81.5 Å². The fourth-order valence-electron chi connectivity index (χ4n) is 4.24. The molecule has 1 heterocycles. The minimum absolute atomic E-state index is 0.0526. The van der Waals surface area contributed by atoms with Crippen LogP contribution in [0.15, 0.2) is 24.3 Å². The number of hydrogen-bond donors (Lipinski definition) is 1. The molecule has 0 saturated carbocycles. The predicted molar refractivity (Wildman–Crippen MR) is 113 cm³/mol. The van der Waals surface area contributed by atoms with Crippen molar-refractivity contribution in [3.05, 3.63) is 34.9 Å². The molecule has 1 N–H and O–H groups in total. The van der Waals surface area contributed by atoms with Gasteiger partial charge in [-0.2, -0.15) is 0 Å². The SMILES string of the molecule is CCC1(C)CC(CCNC(C)c2ccc(Cl)cc2)(CCC(C)C)CCO1. The molecule has 3 heteroatoms. The van der Waals surface area contributed by atoms with E-state index in [1.807, 2.05) is 12.1 Å². The molecule has 1 aliphatic rings. The van der Waals surface area contributed by atoms with Gasteiger partial charge in [0.05, 0.1) is 5.60 Å². The summed E-state index contributed by atoms with van der Waals surface area (Å²) in [6, 6.07) is 8.55. The summed E-state index contributed by atoms with van der Waals surface area (Å²) in [5.41, 5.74) is 1.77. The van der Waals surface area contributed by atoms with Crippen LogP contribution in [0.1, 0.15) is 84.7 Å². The summed E-state index contributed by atoms with van der Waals surface area (Å²) in [7, 11) is 0. The maximum absolute atomic E-state index is 6.15. The third kappa shape index (κ3) is 6.25. The van der Waals surface area contributed by atoms with Gasteiger partial charge in [-0.25, -0.2) is 0 Å². The van der Waals surface area contributed by atoms with E-state index >= 15 is 0 Å². The Hall–Kier alpha value is -0.570. The second kappa shape index (κ2) is 9.57. The van der Waals surface area contributed by atoms with Gasteiger partial charge in [-0.3, -0.25) is 0 Å². The smallest absolute Gasteiger partial charge is 0.0657 e. The van der Waals surface area contributed by atoms with E-state index in [-0.39, 0.29) is 5.60 Å². The Morgan fingerprint density at radius 2 is 1.85 bits per heavy atom. The topological polar surface area (TPSA) is 21.3 Å². The molecule has 1 aromatic carbocycles. The summed E-state index contributed by atoms with van der Waals surface area (Å²) in [6.45, 7) is 13.5. The Morgan fingerprint density at radius 1 is 1.15 bits per heavy atom. The summed E-state index contributed by atoms with van der Waals surface area (Å²) >= 11 is 6.01. The second-order valence-corrected chi connectivity index (χ2v) is 9.43. The lowest BCUT2D eigenvalue weighted by atomic mass is 9.67. The highest BCUT2D eigenvalue weighted by Gasteiger charge is 2.41. The lowest BCUT2D eigenvalue weighted by Crippen LogP contribution is -2.44. The molecule has 0 aromatic heterocycles. The van der Waals surface area contributed by atoms with Crippen LogP contribution in [0.25, 0.3) is 0 Å². The van der Waals surface area contributed by atoms with E-state index in [0.717, 1.165) is 30.5 Å². The van der Waals surface area contributed by atoms with Crippen molar-refractivity contribution >= 4 is 11.6 Å². The van der Waals surface area contributed by atoms with E-state index in [2.05, 4.69) is 52.1 Å². The number of halogens is 1. The zero-order valence-corrected chi connectivity index (χ0v) is 18.2. The third-order valence-electron chi connectivity index (χ3n) is 6.31. The highest BCUT2D eigenvalue weighted by molar-refractivity contribution is 6.30. The van der Waals surface area contributed by atoms with Crippen LogP contribution in [0.3, 0.4) is 0 Å². The fraction of sp³-hybridized carbons (Fsp3) is 0.739. The van der Waals surface area contributed by atoms with Gasteiger partial charge in [0.15, 0.2) is 0 Å². The summed E-state index contributed by atoms with van der Waals surface area (Å²) < 4.78 is 6.15. The number of ether oxygens (including phenoxy) is 1. The zero-order valence-electron chi connectivity index (χ0n) is 17.4. The molecular weight excluding hydrogens is 342 g/mol. The molecule has 1 aromatic rings. The molecule has 26 heavy (non-hydrogen) atoms. The normalized spacial score (nSPS) is 27.7. The number of benzene rings is 1. The first-order valence-electron chi connectivity index (χ1n) is 10.4. The van der Waals surface area contributed by atoms with Crippen LogP contribution in [0.5, 0.6) is 0 Å². The molecule has 3 atom stereocenters. The van der Waals surface area contributed by atoms with Gasteiger partial charge in [0.1, 0.15) is 0 Å². The second-order valence-electron chi connectivity index (χ2n) is 8.99. The Bertz CT molecular complexity index is 544. The first kappa shape index (κ1) is 21.7. The van der Waals surface area contributed by atoms with Gasteiger partial charge in [0.25, 0.3) is 0 Å². The van der Waals surface area contributed by atoms with Crippen molar-refractivity contribution in [3.63, 3.8) is 0 Å². The van der Waals surface area contributed by atoms with Crippen LogP contribution in [0.2, 0.25) is 5.02 Å². The van der Waals surface area contributed by atoms with E-state index in [9.17, 15) is 0 Å². The minimum Gasteiger partial charge on any atom is -0.375 e. The lowest BCUT2D eigenvalue weighted by Gasteiger charge is -2.47. The Morgan fingerprint density at radius 3 is 2.46 bits per heavy atom. The Kier molecular flexibility index (Phi) is 8.00. The van der Waals surface area contributed by atoms with Crippen molar-refractivity contribution in [2.24, 2.45) is 11.3 Å². The van der Waals surface area contributed by atoms with Crippen LogP contribution in [-0.2, 0) is 4.74 Å². The number of nitrogens with one attached hydrogen (secondary N) is 1. The maximum atomic E-state index is 6.15. The van der Waals surface area contributed by atoms with Gasteiger partial charge < -0.3 is 10.1 Å². The summed E-state index contributed by atoms with van der Waals surface area (Å²) in [4.78, 5) is 0. The van der Waals surface area contributed by atoms with Gasteiger partial charge in [0.2, 0.25) is 0 Å². The van der Waals surface area contributed by atoms with Crippen LogP contribution in [0.4, 0.5) is 0 Å². The summed E-state index contributed by atoms with van der Waals surface area (Å²) in [5.74, 6) is 0.767. The predicted octanol–water partition coefficient (Wildman–Crippen LogP) is 6.78. The van der Waals surface area contributed by atoms with Crippen LogP contribution >= 0.6 is 11.6 Å². The fourth-order valence-corrected chi connectivity index (χ4v) is 4.37. The van der Waals surface area contributed by atoms with E-state index in [0.29, 0.717) is 11.5 Å². The number of hydrogen-bond acceptors (Lipinski definition) is 2. The molecule has 1 saturated heterocycles. The van der Waals surface area contributed by atoms with Gasteiger partial charge in [-0.15, -0.1) is 0 Å². The molecule has 2 rings (SSSR count). The quantitative estimate of drug-likeness (QED) is 0.510. The number of rotatable bonds is 9. The zero-order chi connectivity index (χ0) is 19.2. The third-order valence-corrected chi connectivity index (χ3v) is 6.56. The average molecular weight is 380 g/mol. The van der Waals surface area contributed by atoms with Crippen LogP contribution < -0.4 is 5.32 Å². The highest BCUT2D eigenvalue weighted by atomic mass is 35.5. The Balaban J connectivity index is 1.96. The van der Waals surface area contributed by atoms with Crippen LogP contribution in [0, 0.1) is 11.3 Å². The molecule has 0 amide bonds. The van der Waals surface area contributed by atoms with E-state index in [1.54, 1.807) is 0 Å². The molecule has 3 unspecified atom stereocenters. The largest absolute Gasteiger partial charge is 0.375 e. The molecule has 1 fully saturated rings. The molecular formula is C23H38ClNO. The lowest BCUT2D eigenvalue weighted by molar-refractivity contribution is -0.123. The summed E-state index contributed by atoms with van der Waals surface area (Å²) in [5, 5.41) is 4.54. The van der Waals surface area contributed by atoms with Crippen molar-refractivity contribution < 1.29 is 4.74 Å². The van der Waals surface area contributed by atoms with Crippen LogP contribution in [-0.4, -0.2) is 18.8 Å². The molecule has 0 aliphatic carbocycles. The average Bonchev–Trinajstić information content (AvgIpc) is 2.61. The standard InChI is InChI=1S/C23H38ClNO/c1-6-22(5)17-23(14-16-26-22,12-11-18(2)3)13-15-25-19(4)20-7-9-21(24)10-8-20/h7-10,18-19,25H,6,11-17H2,1-5H3. The minimum atomic E-state index is 0.0526. The van der Waals surface area contributed by atoms with E-state index in [1.165, 1.54) is 37.7 Å². The van der Waals surface area contributed by atoms with Crippen molar-refractivity contribution in [2.45, 2.75) is 84.8 Å². The van der Waals surface area contributed by atoms with Crippen molar-refractivity contribution in [1.29, 1.82) is 0 Å². The van der Waals surface area contributed by atoms with Crippen molar-refractivity contribution in [1.82, 2.24) is 5.32 Å². The first-order valence-corrected chi connectivity index (χ1v) is 10.8. The molecule has 0 bridgehead atoms. The molecule has 0 spiro atoms. The van der Waals surface area contributed by atoms with Gasteiger partial charge in [-0.1, -0.05) is 50.9 Å². The molecule has 0 radical (unpaired) electrons. The van der Waals surface area contributed by atoms with Crippen molar-refractivity contribution in [2.75, 3.05) is 13.2 Å². The van der Waals surface area contributed by atoms with Crippen molar-refractivity contribution in [3.8, 4) is 0 Å². The molecule has 2 nitrogen and oxygen atoms in total. The van der Waals surface area contributed by atoms with E-state index < -0.39 is 0 Å². The monoisotopic (exact) mass is 379 g/mol. The van der Waals surface area contributed by atoms with Gasteiger partial charge in [0, 0.05) is 17.7 Å². The molecule has 1 aliphatic heterocycles. The van der Waals surface area contributed by atoms with E-state index in [4.69, 9.17) is 16.3 Å². The van der Waals surface area contributed by atoms with Gasteiger partial charge >= 0.3 is 0 Å². The summed E-state index contributed by atoms with van der Waals surface area (Å²) in [6.07, 6.45) is 7.36.